The molecule has 0 bridgehead atoms. The highest BCUT2D eigenvalue weighted by molar-refractivity contribution is 5.96. The van der Waals surface area contributed by atoms with Crippen LogP contribution in [-0.4, -0.2) is 23.6 Å². The van der Waals surface area contributed by atoms with Crippen molar-refractivity contribution in [2.75, 3.05) is 0 Å². The molecule has 2 atom stereocenters. The van der Waals surface area contributed by atoms with Crippen LogP contribution < -0.4 is 11.1 Å². The van der Waals surface area contributed by atoms with E-state index in [0.29, 0.717) is 18.4 Å². The number of carbonyl (C=O) groups excluding carboxylic acids is 2. The summed E-state index contributed by atoms with van der Waals surface area (Å²) in [4.78, 5) is 23.8. The van der Waals surface area contributed by atoms with Gasteiger partial charge < -0.3 is 15.8 Å². The van der Waals surface area contributed by atoms with E-state index in [1.807, 2.05) is 0 Å². The number of aryl methyl sites for hydroxylation is 1. The summed E-state index contributed by atoms with van der Waals surface area (Å²) in [6, 6.07) is 3.07. The minimum absolute atomic E-state index is 0.0952. The molecule has 28 heavy (non-hydrogen) atoms. The topological polar surface area (TPSA) is 81.4 Å². The summed E-state index contributed by atoms with van der Waals surface area (Å²) in [6.07, 6.45) is -1.89. The molecule has 0 radical (unpaired) electrons. The van der Waals surface area contributed by atoms with E-state index in [9.17, 15) is 22.8 Å². The van der Waals surface area contributed by atoms with Crippen LogP contribution in [-0.2, 0) is 17.3 Å². The van der Waals surface area contributed by atoms with E-state index in [1.54, 1.807) is 20.8 Å². The van der Waals surface area contributed by atoms with E-state index in [2.05, 4.69) is 5.32 Å². The quantitative estimate of drug-likeness (QED) is 0.741. The van der Waals surface area contributed by atoms with Crippen LogP contribution in [0.2, 0.25) is 0 Å². The van der Waals surface area contributed by atoms with Crippen LogP contribution in [0.4, 0.5) is 18.0 Å². The van der Waals surface area contributed by atoms with Crippen molar-refractivity contribution >= 4 is 12.0 Å². The number of ether oxygens (including phenoxy) is 1. The van der Waals surface area contributed by atoms with Gasteiger partial charge in [-0.05, 0) is 69.2 Å². The molecule has 5 nitrogen and oxygen atoms in total. The van der Waals surface area contributed by atoms with Gasteiger partial charge in [-0.15, -0.1) is 0 Å². The van der Waals surface area contributed by atoms with Crippen molar-refractivity contribution in [3.05, 3.63) is 34.9 Å². The van der Waals surface area contributed by atoms with Gasteiger partial charge in [-0.1, -0.05) is 13.3 Å². The Kier molecular flexibility index (Phi) is 6.62. The maximum absolute atomic E-state index is 12.9. The van der Waals surface area contributed by atoms with Crippen LogP contribution in [0, 0.1) is 5.92 Å². The highest BCUT2D eigenvalue weighted by Crippen LogP contribution is 2.34. The summed E-state index contributed by atoms with van der Waals surface area (Å²) in [7, 11) is 0. The Morgan fingerprint density at radius 2 is 1.93 bits per heavy atom. The first-order valence-corrected chi connectivity index (χ1v) is 9.42. The Labute approximate surface area is 162 Å². The molecular formula is C20H27F3N2O3. The molecule has 2 unspecified atom stereocenters. The Bertz CT molecular complexity index is 732. The van der Waals surface area contributed by atoms with Crippen molar-refractivity contribution in [1.29, 1.82) is 0 Å². The average Bonchev–Trinajstić information content (AvgIpc) is 2.98. The lowest BCUT2D eigenvalue weighted by molar-refractivity contribution is -0.137. The molecule has 1 aliphatic rings. The van der Waals surface area contributed by atoms with Gasteiger partial charge in [0.1, 0.15) is 5.60 Å². The highest BCUT2D eigenvalue weighted by atomic mass is 19.4. The lowest BCUT2D eigenvalue weighted by atomic mass is 9.89. The second-order valence-electron chi connectivity index (χ2n) is 7.88. The van der Waals surface area contributed by atoms with Crippen LogP contribution in [0.1, 0.15) is 67.9 Å². The number of carbonyl (C=O) groups is 2. The zero-order valence-electron chi connectivity index (χ0n) is 16.4. The molecule has 1 aliphatic carbocycles. The zero-order valence-corrected chi connectivity index (χ0v) is 16.4. The number of halogens is 3. The molecule has 8 heteroatoms. The maximum atomic E-state index is 12.9. The molecule has 1 saturated carbocycles. The van der Waals surface area contributed by atoms with Crippen molar-refractivity contribution in [1.82, 2.24) is 5.32 Å². The normalized spacial score (nSPS) is 20.1. The van der Waals surface area contributed by atoms with Crippen LogP contribution in [0.15, 0.2) is 18.2 Å². The lowest BCUT2D eigenvalue weighted by Crippen LogP contribution is -2.41. The third-order valence-corrected chi connectivity index (χ3v) is 5.16. The molecule has 2 rings (SSSR count). The summed E-state index contributed by atoms with van der Waals surface area (Å²) in [6.45, 7) is 5.24. The molecule has 156 valence electrons. The SMILES string of the molecule is CCc1cc(C(F)(F)F)ccc1C(=O)NC1CCCC1CC(C)(C)OC(N)=O. The molecular weight excluding hydrogens is 373 g/mol. The van der Waals surface area contributed by atoms with Gasteiger partial charge in [0, 0.05) is 11.6 Å². The molecule has 0 saturated heterocycles. The molecule has 0 aromatic heterocycles. The molecule has 3 N–H and O–H groups in total. The van der Waals surface area contributed by atoms with E-state index >= 15 is 0 Å². The number of nitrogens with one attached hydrogen (secondary N) is 1. The van der Waals surface area contributed by atoms with Gasteiger partial charge in [0.2, 0.25) is 0 Å². The summed E-state index contributed by atoms with van der Waals surface area (Å²) >= 11 is 0. The lowest BCUT2D eigenvalue weighted by Gasteiger charge is -2.30. The van der Waals surface area contributed by atoms with Crippen LogP contribution in [0.5, 0.6) is 0 Å². The minimum Gasteiger partial charge on any atom is -0.444 e. The van der Waals surface area contributed by atoms with E-state index in [1.165, 1.54) is 6.07 Å². The number of benzene rings is 1. The number of hydrogen-bond acceptors (Lipinski definition) is 3. The predicted octanol–water partition coefficient (Wildman–Crippen LogP) is 4.43. The van der Waals surface area contributed by atoms with E-state index in [-0.39, 0.29) is 23.4 Å². The van der Waals surface area contributed by atoms with Gasteiger partial charge in [0.25, 0.3) is 5.91 Å². The number of nitrogens with two attached hydrogens (primary N) is 1. The fraction of sp³-hybridized carbons (Fsp3) is 0.600. The van der Waals surface area contributed by atoms with Gasteiger partial charge in [-0.2, -0.15) is 13.2 Å². The first-order chi connectivity index (χ1) is 12.9. The zero-order chi connectivity index (χ0) is 21.1. The first-order valence-electron chi connectivity index (χ1n) is 9.42. The fourth-order valence-corrected chi connectivity index (χ4v) is 3.95. The highest BCUT2D eigenvalue weighted by Gasteiger charge is 2.36. The maximum Gasteiger partial charge on any atom is 0.416 e. The van der Waals surface area contributed by atoms with Gasteiger partial charge in [0.15, 0.2) is 0 Å². The van der Waals surface area contributed by atoms with Gasteiger partial charge in [-0.3, -0.25) is 4.79 Å². The second kappa shape index (κ2) is 8.41. The summed E-state index contributed by atoms with van der Waals surface area (Å²) < 4.78 is 43.9. The van der Waals surface area contributed by atoms with Gasteiger partial charge in [-0.25, -0.2) is 4.79 Å². The largest absolute Gasteiger partial charge is 0.444 e. The minimum atomic E-state index is -4.44. The molecule has 1 aromatic carbocycles. The molecule has 1 aromatic rings. The van der Waals surface area contributed by atoms with Crippen molar-refractivity contribution in [3.63, 3.8) is 0 Å². The number of rotatable bonds is 6. The monoisotopic (exact) mass is 400 g/mol. The summed E-state index contributed by atoms with van der Waals surface area (Å²) in [5, 5.41) is 2.96. The molecule has 2 amide bonds. The first kappa shape index (κ1) is 22.0. The summed E-state index contributed by atoms with van der Waals surface area (Å²) in [5.41, 5.74) is 4.21. The Morgan fingerprint density at radius 3 is 2.50 bits per heavy atom. The standard InChI is InChI=1S/C20H27F3N2O3/c1-4-12-10-14(20(21,22)23)8-9-15(12)17(26)25-16-7-5-6-13(16)11-19(2,3)28-18(24)27/h8-10,13,16H,4-7,11H2,1-3H3,(H2,24,27)(H,25,26). The number of amides is 2. The molecule has 1 fully saturated rings. The smallest absolute Gasteiger partial charge is 0.416 e. The Morgan fingerprint density at radius 1 is 1.25 bits per heavy atom. The molecule has 0 spiro atoms. The second-order valence-corrected chi connectivity index (χ2v) is 7.88. The van der Waals surface area contributed by atoms with Crippen molar-refractivity contribution in [2.45, 2.75) is 70.7 Å². The van der Waals surface area contributed by atoms with Crippen LogP contribution in [0.25, 0.3) is 0 Å². The number of primary amides is 1. The summed E-state index contributed by atoms with van der Waals surface area (Å²) in [5.74, 6) is -0.283. The third kappa shape index (κ3) is 5.62. The number of hydrogen-bond donors (Lipinski definition) is 2. The molecule has 0 heterocycles. The van der Waals surface area contributed by atoms with Gasteiger partial charge >= 0.3 is 12.3 Å². The van der Waals surface area contributed by atoms with Crippen LogP contribution >= 0.6 is 0 Å². The third-order valence-electron chi connectivity index (χ3n) is 5.16. The van der Waals surface area contributed by atoms with E-state index in [0.717, 1.165) is 31.4 Å². The van der Waals surface area contributed by atoms with Crippen LogP contribution in [0.3, 0.4) is 0 Å². The van der Waals surface area contributed by atoms with E-state index < -0.39 is 23.4 Å². The Hall–Kier alpha value is -2.25. The van der Waals surface area contributed by atoms with E-state index in [4.69, 9.17) is 10.5 Å². The average molecular weight is 400 g/mol. The van der Waals surface area contributed by atoms with Crippen molar-refractivity contribution < 1.29 is 27.5 Å². The van der Waals surface area contributed by atoms with Crippen molar-refractivity contribution in [2.24, 2.45) is 11.7 Å². The van der Waals surface area contributed by atoms with Crippen molar-refractivity contribution in [3.8, 4) is 0 Å². The molecule has 0 aliphatic heterocycles. The fourth-order valence-electron chi connectivity index (χ4n) is 3.95. The Balaban J connectivity index is 2.12. The number of alkyl halides is 3. The van der Waals surface area contributed by atoms with Gasteiger partial charge in [0.05, 0.1) is 5.56 Å². The predicted molar refractivity (Wildman–Crippen MR) is 98.8 cm³/mol.